The molecular weight excluding hydrogens is 148 g/mol. The van der Waals surface area contributed by atoms with Crippen molar-refractivity contribution < 1.29 is 0 Å². The molecular formula is C10H18N2. The molecule has 0 amide bonds. The minimum absolute atomic E-state index is 0.583. The van der Waals surface area contributed by atoms with Crippen LogP contribution in [0.15, 0.2) is 24.3 Å². The smallest absolute Gasteiger partial charge is 0.0287 e. The van der Waals surface area contributed by atoms with Gasteiger partial charge in [0.15, 0.2) is 0 Å². The normalized spacial score (nSPS) is 32.4. The van der Waals surface area contributed by atoms with Gasteiger partial charge >= 0.3 is 0 Å². The van der Waals surface area contributed by atoms with E-state index in [1.165, 1.54) is 5.57 Å². The van der Waals surface area contributed by atoms with Gasteiger partial charge < -0.3 is 0 Å². The van der Waals surface area contributed by atoms with Crippen molar-refractivity contribution in [3.8, 4) is 0 Å². The van der Waals surface area contributed by atoms with Gasteiger partial charge in [0.05, 0.1) is 0 Å². The Morgan fingerprint density at radius 1 is 1.67 bits per heavy atom. The Balaban J connectivity index is 2.60. The second kappa shape index (κ2) is 3.87. The molecule has 1 rings (SSSR count). The van der Waals surface area contributed by atoms with Crippen LogP contribution in [-0.2, 0) is 0 Å². The molecule has 12 heavy (non-hydrogen) atoms. The second-order valence-electron chi connectivity index (χ2n) is 3.49. The van der Waals surface area contributed by atoms with Crippen LogP contribution in [0.25, 0.3) is 0 Å². The average Bonchev–Trinajstić information content (AvgIpc) is 2.36. The van der Waals surface area contributed by atoms with Gasteiger partial charge in [0.2, 0.25) is 0 Å². The van der Waals surface area contributed by atoms with Crippen LogP contribution < -0.4 is 5.43 Å². The van der Waals surface area contributed by atoms with Crippen LogP contribution in [0.1, 0.15) is 13.8 Å². The van der Waals surface area contributed by atoms with E-state index in [4.69, 9.17) is 0 Å². The van der Waals surface area contributed by atoms with Gasteiger partial charge in [-0.3, -0.25) is 5.43 Å². The zero-order chi connectivity index (χ0) is 9.14. The number of nitrogens with zero attached hydrogens (tertiary/aromatic N) is 1. The zero-order valence-electron chi connectivity index (χ0n) is 8.17. The van der Waals surface area contributed by atoms with Crippen LogP contribution in [0, 0.1) is 5.92 Å². The highest BCUT2D eigenvalue weighted by molar-refractivity contribution is 5.15. The van der Waals surface area contributed by atoms with E-state index in [0.717, 1.165) is 6.54 Å². The number of rotatable bonds is 2. The molecule has 2 atom stereocenters. The summed E-state index contributed by atoms with van der Waals surface area (Å²) in [6, 6.07) is 0.583. The SMILES string of the molecule is C=C/C(C)=C\C1CNN(C)C1C. The largest absolute Gasteiger partial charge is 0.255 e. The van der Waals surface area contributed by atoms with Crippen LogP contribution in [-0.4, -0.2) is 24.6 Å². The Bertz CT molecular complexity index is 196. The zero-order valence-corrected chi connectivity index (χ0v) is 8.17. The highest BCUT2D eigenvalue weighted by atomic mass is 15.5. The molecule has 1 fully saturated rings. The summed E-state index contributed by atoms with van der Waals surface area (Å²) in [5, 5.41) is 2.16. The molecule has 2 heteroatoms. The lowest BCUT2D eigenvalue weighted by Gasteiger charge is -2.16. The van der Waals surface area contributed by atoms with Crippen LogP contribution >= 0.6 is 0 Å². The third kappa shape index (κ3) is 1.96. The maximum Gasteiger partial charge on any atom is 0.0287 e. The minimum atomic E-state index is 0.583. The van der Waals surface area contributed by atoms with Crippen LogP contribution in [0.5, 0.6) is 0 Å². The lowest BCUT2D eigenvalue weighted by atomic mass is 10.0. The molecule has 1 heterocycles. The summed E-state index contributed by atoms with van der Waals surface area (Å²) in [6.07, 6.45) is 4.19. The standard InChI is InChI=1S/C10H18N2/c1-5-8(2)6-10-7-11-12(4)9(10)3/h5-6,9-11H,1,7H2,2-4H3/b8-6-. The fraction of sp³-hybridized carbons (Fsp3) is 0.600. The van der Waals surface area contributed by atoms with E-state index in [1.54, 1.807) is 0 Å². The predicted octanol–water partition coefficient (Wildman–Crippen LogP) is 1.57. The summed E-state index contributed by atoms with van der Waals surface area (Å²) in [4.78, 5) is 0. The molecule has 0 spiro atoms. The second-order valence-corrected chi connectivity index (χ2v) is 3.49. The molecule has 1 aliphatic heterocycles. The van der Waals surface area contributed by atoms with E-state index >= 15 is 0 Å². The molecule has 0 radical (unpaired) electrons. The molecule has 0 saturated carbocycles. The molecule has 2 nitrogen and oxygen atoms in total. The highest BCUT2D eigenvalue weighted by Crippen LogP contribution is 2.17. The Morgan fingerprint density at radius 2 is 2.33 bits per heavy atom. The molecule has 0 bridgehead atoms. The molecule has 0 aromatic rings. The molecule has 1 aliphatic rings. The van der Waals surface area contributed by atoms with E-state index in [2.05, 4.69) is 44.0 Å². The minimum Gasteiger partial charge on any atom is -0.255 e. The van der Waals surface area contributed by atoms with E-state index < -0.39 is 0 Å². The summed E-state index contributed by atoms with van der Waals surface area (Å²) in [5.74, 6) is 0.619. The number of hydrazine groups is 1. The summed E-state index contributed by atoms with van der Waals surface area (Å²) < 4.78 is 0. The maximum absolute atomic E-state index is 3.74. The Kier molecular flexibility index (Phi) is 3.06. The van der Waals surface area contributed by atoms with E-state index in [9.17, 15) is 0 Å². The Hall–Kier alpha value is -0.600. The van der Waals surface area contributed by atoms with Gasteiger partial charge in [-0.15, -0.1) is 0 Å². The van der Waals surface area contributed by atoms with Crippen molar-refractivity contribution in [3.05, 3.63) is 24.3 Å². The average molecular weight is 166 g/mol. The van der Waals surface area contributed by atoms with Gasteiger partial charge in [0.25, 0.3) is 0 Å². The van der Waals surface area contributed by atoms with Crippen LogP contribution in [0.2, 0.25) is 0 Å². The predicted molar refractivity (Wildman–Crippen MR) is 52.7 cm³/mol. The monoisotopic (exact) mass is 166 g/mol. The molecule has 1 N–H and O–H groups in total. The van der Waals surface area contributed by atoms with Gasteiger partial charge in [0.1, 0.15) is 0 Å². The number of hydrogen-bond acceptors (Lipinski definition) is 2. The summed E-state index contributed by atoms with van der Waals surface area (Å²) >= 11 is 0. The van der Waals surface area contributed by atoms with Crippen molar-refractivity contribution in [3.63, 3.8) is 0 Å². The van der Waals surface area contributed by atoms with Crippen molar-refractivity contribution in [1.82, 2.24) is 10.4 Å². The van der Waals surface area contributed by atoms with Crippen molar-refractivity contribution in [2.45, 2.75) is 19.9 Å². The molecule has 1 saturated heterocycles. The maximum atomic E-state index is 3.74. The molecule has 0 aromatic heterocycles. The van der Waals surface area contributed by atoms with Crippen molar-refractivity contribution in [2.75, 3.05) is 13.6 Å². The Morgan fingerprint density at radius 3 is 2.75 bits per heavy atom. The van der Waals surface area contributed by atoms with Crippen molar-refractivity contribution in [1.29, 1.82) is 0 Å². The Labute approximate surface area is 74.9 Å². The number of allylic oxidation sites excluding steroid dienone is 2. The quantitative estimate of drug-likeness (QED) is 0.626. The summed E-state index contributed by atoms with van der Waals surface area (Å²) in [7, 11) is 2.09. The van der Waals surface area contributed by atoms with Gasteiger partial charge in [-0.25, -0.2) is 5.01 Å². The van der Waals surface area contributed by atoms with E-state index in [1.807, 2.05) is 6.08 Å². The fourth-order valence-corrected chi connectivity index (χ4v) is 1.46. The first-order valence-corrected chi connectivity index (χ1v) is 4.42. The topological polar surface area (TPSA) is 15.3 Å². The van der Waals surface area contributed by atoms with Crippen LogP contribution in [0.4, 0.5) is 0 Å². The molecule has 0 aromatic carbocycles. The first-order valence-electron chi connectivity index (χ1n) is 4.42. The lowest BCUT2D eigenvalue weighted by molar-refractivity contribution is 0.242. The fourth-order valence-electron chi connectivity index (χ4n) is 1.46. The number of nitrogens with one attached hydrogen (secondary N) is 1. The van der Waals surface area contributed by atoms with E-state index in [-0.39, 0.29) is 0 Å². The molecule has 2 unspecified atom stereocenters. The van der Waals surface area contributed by atoms with Crippen LogP contribution in [0.3, 0.4) is 0 Å². The molecule has 68 valence electrons. The third-order valence-electron chi connectivity index (χ3n) is 2.61. The third-order valence-corrected chi connectivity index (χ3v) is 2.61. The summed E-state index contributed by atoms with van der Waals surface area (Å²) in [6.45, 7) is 9.12. The molecule has 0 aliphatic carbocycles. The van der Waals surface area contributed by atoms with Crippen molar-refractivity contribution >= 4 is 0 Å². The van der Waals surface area contributed by atoms with E-state index in [0.29, 0.717) is 12.0 Å². The number of hydrogen-bond donors (Lipinski definition) is 1. The van der Waals surface area contributed by atoms with Gasteiger partial charge in [0, 0.05) is 25.6 Å². The highest BCUT2D eigenvalue weighted by Gasteiger charge is 2.25. The van der Waals surface area contributed by atoms with Gasteiger partial charge in [-0.1, -0.05) is 24.3 Å². The summed E-state index contributed by atoms with van der Waals surface area (Å²) in [5.41, 5.74) is 4.57. The first-order chi connectivity index (χ1) is 5.65. The van der Waals surface area contributed by atoms with Crippen molar-refractivity contribution in [2.24, 2.45) is 5.92 Å². The van der Waals surface area contributed by atoms with Gasteiger partial charge in [-0.05, 0) is 13.8 Å². The van der Waals surface area contributed by atoms with Gasteiger partial charge in [-0.2, -0.15) is 0 Å². The lowest BCUT2D eigenvalue weighted by Crippen LogP contribution is -2.31. The first kappa shape index (κ1) is 9.49.